The van der Waals surface area contributed by atoms with Crippen LogP contribution in [-0.4, -0.2) is 13.3 Å². The summed E-state index contributed by atoms with van der Waals surface area (Å²) in [4.78, 5) is 0. The molecule has 0 radical (unpaired) electrons. The molecule has 4 nitrogen and oxygen atoms in total. The van der Waals surface area contributed by atoms with Gasteiger partial charge in [0.1, 0.15) is 17.1 Å². The van der Waals surface area contributed by atoms with Gasteiger partial charge in [-0.25, -0.2) is 0 Å². The van der Waals surface area contributed by atoms with Gasteiger partial charge in [-0.15, -0.1) is 0 Å². The highest BCUT2D eigenvalue weighted by Crippen LogP contribution is 2.30. The van der Waals surface area contributed by atoms with E-state index in [0.29, 0.717) is 0 Å². The van der Waals surface area contributed by atoms with Gasteiger partial charge in [0.05, 0.1) is 13.3 Å². The number of furan rings is 1. The predicted octanol–water partition coefficient (Wildman–Crippen LogP) is 3.40. The van der Waals surface area contributed by atoms with Crippen LogP contribution in [0, 0.1) is 0 Å². The second-order valence-corrected chi connectivity index (χ2v) is 4.38. The Morgan fingerprint density at radius 2 is 1.95 bits per heavy atom. The van der Waals surface area contributed by atoms with Crippen molar-refractivity contribution in [3.63, 3.8) is 0 Å². The Morgan fingerprint density at radius 1 is 1.15 bits per heavy atom. The molecule has 4 heteroatoms. The van der Waals surface area contributed by atoms with Crippen LogP contribution >= 0.6 is 0 Å². The minimum atomic E-state index is 0.785. The molecule has 2 N–H and O–H groups in total. The van der Waals surface area contributed by atoms with E-state index in [1.54, 1.807) is 13.3 Å². The molecule has 3 rings (SSSR count). The molecular weight excluding hydrogens is 252 g/mol. The molecule has 1 heterocycles. The normalized spacial score (nSPS) is 11.2. The maximum absolute atomic E-state index is 5.92. The summed E-state index contributed by atoms with van der Waals surface area (Å²) >= 11 is 0. The SMILES string of the molecule is COc1ccc(-c2cc3cccc(/C=N/N)c3o2)cc1. The second kappa shape index (κ2) is 5.09. The summed E-state index contributed by atoms with van der Waals surface area (Å²) in [5.74, 6) is 6.84. The minimum Gasteiger partial charge on any atom is -0.497 e. The molecule has 0 saturated heterocycles. The molecular formula is C16H14N2O2. The quantitative estimate of drug-likeness (QED) is 0.449. The van der Waals surface area contributed by atoms with Crippen molar-refractivity contribution >= 4 is 17.2 Å². The van der Waals surface area contributed by atoms with Gasteiger partial charge in [-0.05, 0) is 36.4 Å². The van der Waals surface area contributed by atoms with Gasteiger partial charge in [0.25, 0.3) is 0 Å². The standard InChI is InChI=1S/C16H14N2O2/c1-19-14-7-5-11(6-8-14)15-9-12-3-2-4-13(10-18-17)16(12)20-15/h2-10H,17H2,1H3/b18-10+. The van der Waals surface area contributed by atoms with Crippen molar-refractivity contribution in [2.45, 2.75) is 0 Å². The molecule has 3 aromatic rings. The maximum Gasteiger partial charge on any atom is 0.143 e. The van der Waals surface area contributed by atoms with Crippen molar-refractivity contribution in [3.05, 3.63) is 54.1 Å². The number of fused-ring (bicyclic) bond motifs is 1. The Bertz CT molecular complexity index is 758. The van der Waals surface area contributed by atoms with Crippen LogP contribution in [0.15, 0.2) is 58.0 Å². The molecule has 20 heavy (non-hydrogen) atoms. The molecule has 0 saturated carbocycles. The van der Waals surface area contributed by atoms with Crippen LogP contribution in [0.2, 0.25) is 0 Å². The number of hydrogen-bond acceptors (Lipinski definition) is 4. The van der Waals surface area contributed by atoms with E-state index in [9.17, 15) is 0 Å². The zero-order valence-electron chi connectivity index (χ0n) is 11.0. The van der Waals surface area contributed by atoms with E-state index in [4.69, 9.17) is 15.0 Å². The first-order valence-electron chi connectivity index (χ1n) is 6.22. The molecule has 0 aliphatic heterocycles. The average Bonchev–Trinajstić information content (AvgIpc) is 2.93. The van der Waals surface area contributed by atoms with E-state index < -0.39 is 0 Å². The fraction of sp³-hybridized carbons (Fsp3) is 0.0625. The van der Waals surface area contributed by atoms with Crippen molar-refractivity contribution in [3.8, 4) is 17.1 Å². The summed E-state index contributed by atoms with van der Waals surface area (Å²) in [6.45, 7) is 0. The monoisotopic (exact) mass is 266 g/mol. The summed E-state index contributed by atoms with van der Waals surface area (Å²) in [6, 6.07) is 15.6. The van der Waals surface area contributed by atoms with Gasteiger partial charge in [0.2, 0.25) is 0 Å². The molecule has 0 unspecified atom stereocenters. The number of nitrogens with zero attached hydrogens (tertiary/aromatic N) is 1. The van der Waals surface area contributed by atoms with Crippen molar-refractivity contribution < 1.29 is 9.15 Å². The van der Waals surface area contributed by atoms with E-state index >= 15 is 0 Å². The van der Waals surface area contributed by atoms with Crippen LogP contribution in [-0.2, 0) is 0 Å². The van der Waals surface area contributed by atoms with Gasteiger partial charge < -0.3 is 15.0 Å². The van der Waals surface area contributed by atoms with Crippen LogP contribution < -0.4 is 10.6 Å². The lowest BCUT2D eigenvalue weighted by Crippen LogP contribution is -1.86. The van der Waals surface area contributed by atoms with Crippen molar-refractivity contribution in [2.24, 2.45) is 10.9 Å². The number of methoxy groups -OCH3 is 1. The third-order valence-electron chi connectivity index (χ3n) is 3.16. The highest BCUT2D eigenvalue weighted by atomic mass is 16.5. The first kappa shape index (κ1) is 12.3. The summed E-state index contributed by atoms with van der Waals surface area (Å²) in [7, 11) is 1.65. The van der Waals surface area contributed by atoms with Crippen LogP contribution in [0.4, 0.5) is 0 Å². The molecule has 0 fully saturated rings. The average molecular weight is 266 g/mol. The molecule has 0 bridgehead atoms. The molecule has 0 aliphatic rings. The number of nitrogens with two attached hydrogens (primary N) is 1. The Kier molecular flexibility index (Phi) is 3.13. The van der Waals surface area contributed by atoms with Gasteiger partial charge >= 0.3 is 0 Å². The van der Waals surface area contributed by atoms with E-state index in [1.165, 1.54) is 0 Å². The molecule has 0 amide bonds. The van der Waals surface area contributed by atoms with Gasteiger partial charge in [-0.2, -0.15) is 5.10 Å². The number of para-hydroxylation sites is 1. The van der Waals surface area contributed by atoms with Crippen molar-refractivity contribution in [1.29, 1.82) is 0 Å². The highest BCUT2D eigenvalue weighted by molar-refractivity contribution is 5.98. The van der Waals surface area contributed by atoms with Crippen molar-refractivity contribution in [2.75, 3.05) is 7.11 Å². The van der Waals surface area contributed by atoms with E-state index in [-0.39, 0.29) is 0 Å². The van der Waals surface area contributed by atoms with Crippen molar-refractivity contribution in [1.82, 2.24) is 0 Å². The third-order valence-corrected chi connectivity index (χ3v) is 3.16. The molecule has 0 aliphatic carbocycles. The Labute approximate surface area is 116 Å². The Hall–Kier alpha value is -2.75. The van der Waals surface area contributed by atoms with Crippen LogP contribution in [0.1, 0.15) is 5.56 Å². The zero-order chi connectivity index (χ0) is 13.9. The fourth-order valence-corrected chi connectivity index (χ4v) is 2.17. The Morgan fingerprint density at radius 3 is 2.65 bits per heavy atom. The van der Waals surface area contributed by atoms with Crippen LogP contribution in [0.25, 0.3) is 22.3 Å². The molecule has 1 aromatic heterocycles. The highest BCUT2D eigenvalue weighted by Gasteiger charge is 2.09. The summed E-state index contributed by atoms with van der Waals surface area (Å²) in [6.07, 6.45) is 1.59. The van der Waals surface area contributed by atoms with E-state index in [2.05, 4.69) is 5.10 Å². The molecule has 0 atom stereocenters. The predicted molar refractivity (Wildman–Crippen MR) is 80.0 cm³/mol. The summed E-state index contributed by atoms with van der Waals surface area (Å²) < 4.78 is 11.1. The smallest absolute Gasteiger partial charge is 0.143 e. The lowest BCUT2D eigenvalue weighted by atomic mass is 10.1. The van der Waals surface area contributed by atoms with Gasteiger partial charge in [0, 0.05) is 16.5 Å². The van der Waals surface area contributed by atoms with Gasteiger partial charge in [0.15, 0.2) is 0 Å². The lowest BCUT2D eigenvalue weighted by Gasteiger charge is -2.00. The number of hydrogen-bond donors (Lipinski definition) is 1. The molecule has 100 valence electrons. The number of benzene rings is 2. The van der Waals surface area contributed by atoms with Gasteiger partial charge in [-0.1, -0.05) is 12.1 Å². The minimum absolute atomic E-state index is 0.785. The maximum atomic E-state index is 5.92. The first-order chi connectivity index (χ1) is 9.81. The molecule has 2 aromatic carbocycles. The second-order valence-electron chi connectivity index (χ2n) is 4.38. The number of rotatable bonds is 3. The lowest BCUT2D eigenvalue weighted by molar-refractivity contribution is 0.415. The number of ether oxygens (including phenoxy) is 1. The van der Waals surface area contributed by atoms with Crippen LogP contribution in [0.5, 0.6) is 5.75 Å². The fourth-order valence-electron chi connectivity index (χ4n) is 2.17. The zero-order valence-corrected chi connectivity index (χ0v) is 11.0. The largest absolute Gasteiger partial charge is 0.497 e. The third kappa shape index (κ3) is 2.12. The summed E-state index contributed by atoms with van der Waals surface area (Å²) in [5, 5.41) is 4.58. The first-order valence-corrected chi connectivity index (χ1v) is 6.22. The van der Waals surface area contributed by atoms with Crippen LogP contribution in [0.3, 0.4) is 0 Å². The van der Waals surface area contributed by atoms with E-state index in [0.717, 1.165) is 33.6 Å². The molecule has 0 spiro atoms. The Balaban J connectivity index is 2.10. The topological polar surface area (TPSA) is 60.8 Å². The van der Waals surface area contributed by atoms with Gasteiger partial charge in [-0.3, -0.25) is 0 Å². The summed E-state index contributed by atoms with van der Waals surface area (Å²) in [5.41, 5.74) is 2.65. The number of hydrazone groups is 1. The van der Waals surface area contributed by atoms with E-state index in [1.807, 2.05) is 48.5 Å².